The number of aromatic nitrogens is 4. The molecule has 3 aromatic heterocycles. The molecule has 2 aliphatic rings. The van der Waals surface area contributed by atoms with Crippen LogP contribution in [-0.2, 0) is 17.1 Å². The first-order chi connectivity index (χ1) is 16.1. The van der Waals surface area contributed by atoms with Crippen LogP contribution in [0.3, 0.4) is 0 Å². The van der Waals surface area contributed by atoms with Crippen LogP contribution in [0.25, 0.3) is 46.4 Å². The van der Waals surface area contributed by atoms with Crippen LogP contribution in [0.2, 0.25) is 0 Å². The number of aromatic amines is 2. The maximum atomic E-state index is 8.97. The molecule has 6 rings (SSSR count). The average molecular weight is 488 g/mol. The zero-order valence-electron chi connectivity index (χ0n) is 18.3. The molecule has 0 amide bonds. The van der Waals surface area contributed by atoms with Gasteiger partial charge >= 0.3 is 0 Å². The molecular formula is C27H21MnN4O2-. The van der Waals surface area contributed by atoms with E-state index in [1.165, 1.54) is 13.2 Å². The molecular weight excluding hydrogens is 467 g/mol. The Morgan fingerprint density at radius 3 is 1.62 bits per heavy atom. The molecule has 34 heavy (non-hydrogen) atoms. The zero-order valence-corrected chi connectivity index (χ0v) is 19.5. The molecule has 0 atom stereocenters. The molecule has 0 saturated carbocycles. The summed E-state index contributed by atoms with van der Waals surface area (Å²) in [6, 6.07) is 23.9. The normalized spacial score (nSPS) is 11.3. The molecule has 0 unspecified atom stereocenters. The van der Waals surface area contributed by atoms with Crippen molar-refractivity contribution in [2.24, 2.45) is 0 Å². The maximum absolute atomic E-state index is 8.97. The molecule has 3 N–H and O–H groups in total. The number of phenolic OH excluding ortho intramolecular Hbond substituents is 1. The van der Waals surface area contributed by atoms with E-state index in [9.17, 15) is 0 Å². The first-order valence-corrected chi connectivity index (χ1v) is 10.4. The smallest absolute Gasteiger partial charge is 0.0659 e. The number of nitrogens with zero attached hydrogens (tertiary/aromatic N) is 2. The van der Waals surface area contributed by atoms with Crippen LogP contribution < -0.4 is 4.74 Å². The molecule has 0 spiro atoms. The van der Waals surface area contributed by atoms with Gasteiger partial charge in [-0.1, -0.05) is 0 Å². The van der Waals surface area contributed by atoms with E-state index in [0.717, 1.165) is 44.8 Å². The van der Waals surface area contributed by atoms with Gasteiger partial charge in [-0.15, -0.1) is 12.1 Å². The topological polar surface area (TPSA) is 86.8 Å². The minimum Gasteiger partial charge on any atom is -0.551 e. The summed E-state index contributed by atoms with van der Waals surface area (Å²) in [5.74, 6) is 0.605. The Morgan fingerprint density at radius 2 is 1.18 bits per heavy atom. The second kappa shape index (κ2) is 10.3. The van der Waals surface area contributed by atoms with Gasteiger partial charge in [-0.2, -0.15) is 12.1 Å². The number of rotatable bonds is 1. The molecule has 5 heterocycles. The number of phenols is 1. The summed E-state index contributed by atoms with van der Waals surface area (Å²) < 4.78 is 4.76. The van der Waals surface area contributed by atoms with Gasteiger partial charge in [-0.05, 0) is 72.8 Å². The van der Waals surface area contributed by atoms with E-state index in [0.29, 0.717) is 5.75 Å². The van der Waals surface area contributed by atoms with E-state index < -0.39 is 0 Å². The third kappa shape index (κ3) is 5.46. The zero-order chi connectivity index (χ0) is 22.6. The average Bonchev–Trinajstić information content (AvgIpc) is 3.61. The van der Waals surface area contributed by atoms with Crippen LogP contribution in [0.1, 0.15) is 22.8 Å². The van der Waals surface area contributed by atoms with Crippen LogP contribution in [-0.4, -0.2) is 32.2 Å². The standard InChI is InChI=1S/C20H14N4.C7H7O2.Mn/c1-2-14-10-16-5-6-18(23-16)12-20-8-7-19(24-20)11-17-4-3-15(22-17)9-13(1)21-14;1-9-7-5-3-2-4-6(7)8;/h1-12,21-22H;2,4-5,8H,1H3;/q;-1;. The van der Waals surface area contributed by atoms with E-state index in [-0.39, 0.29) is 22.8 Å². The SMILES string of the molecule is C1=Cc2cc3ccc(cc4ccc(cc5nc(cc1n2)C=C5)[nH]4)[nH]3.COc1c[c-]ccc1O.[Mn]. The van der Waals surface area contributed by atoms with Gasteiger partial charge in [0.15, 0.2) is 0 Å². The van der Waals surface area contributed by atoms with Crippen LogP contribution in [0.5, 0.6) is 11.5 Å². The van der Waals surface area contributed by atoms with Gasteiger partial charge < -0.3 is 19.8 Å². The molecule has 4 aromatic rings. The third-order valence-electron chi connectivity index (χ3n) is 5.07. The molecule has 2 aliphatic heterocycles. The van der Waals surface area contributed by atoms with Gasteiger partial charge in [0.25, 0.3) is 0 Å². The van der Waals surface area contributed by atoms with Gasteiger partial charge in [0, 0.05) is 50.6 Å². The summed E-state index contributed by atoms with van der Waals surface area (Å²) in [5, 5.41) is 8.97. The molecule has 8 bridgehead atoms. The number of nitrogens with one attached hydrogen (secondary N) is 2. The Bertz CT molecular complexity index is 1440. The monoisotopic (exact) mass is 488 g/mol. The van der Waals surface area contributed by atoms with Gasteiger partial charge in [0.05, 0.1) is 29.9 Å². The fourth-order valence-electron chi connectivity index (χ4n) is 3.51. The van der Waals surface area contributed by atoms with E-state index in [1.807, 2.05) is 42.5 Å². The number of ether oxygens (including phenoxy) is 1. The summed E-state index contributed by atoms with van der Waals surface area (Å²) >= 11 is 0. The van der Waals surface area contributed by atoms with E-state index >= 15 is 0 Å². The largest absolute Gasteiger partial charge is 0.551 e. The number of fused-ring (bicyclic) bond motifs is 8. The van der Waals surface area contributed by atoms with Gasteiger partial charge in [-0.3, -0.25) is 0 Å². The molecule has 1 radical (unpaired) electrons. The van der Waals surface area contributed by atoms with Crippen molar-refractivity contribution in [3.05, 3.63) is 95.6 Å². The van der Waals surface area contributed by atoms with Crippen molar-refractivity contribution in [3.63, 3.8) is 0 Å². The molecule has 0 fully saturated rings. The first-order valence-electron chi connectivity index (χ1n) is 10.4. The summed E-state index contributed by atoms with van der Waals surface area (Å²) in [4.78, 5) is 16.0. The Morgan fingerprint density at radius 1 is 0.706 bits per heavy atom. The molecule has 7 heteroatoms. The molecule has 1 aromatic carbocycles. The van der Waals surface area contributed by atoms with Crippen LogP contribution in [0.4, 0.5) is 0 Å². The van der Waals surface area contributed by atoms with Crippen molar-refractivity contribution in [1.82, 2.24) is 19.9 Å². The summed E-state index contributed by atoms with van der Waals surface area (Å²) in [7, 11) is 1.50. The second-order valence-electron chi connectivity index (χ2n) is 7.50. The second-order valence-corrected chi connectivity index (χ2v) is 7.50. The Labute approximate surface area is 207 Å². The Hall–Kier alpha value is -4.06. The fraction of sp³-hybridized carbons (Fsp3) is 0.0370. The number of aromatic hydroxyl groups is 1. The molecule has 6 nitrogen and oxygen atoms in total. The summed E-state index contributed by atoms with van der Waals surface area (Å²) in [5.41, 5.74) is 7.86. The predicted octanol–water partition coefficient (Wildman–Crippen LogP) is 5.85. The fourth-order valence-corrected chi connectivity index (χ4v) is 3.51. The number of benzene rings is 1. The van der Waals surface area contributed by atoms with E-state index in [1.54, 1.807) is 12.1 Å². The van der Waals surface area contributed by atoms with Crippen molar-refractivity contribution in [3.8, 4) is 11.5 Å². The Balaban J connectivity index is 0.000000234. The van der Waals surface area contributed by atoms with Crippen LogP contribution >= 0.6 is 0 Å². The number of hydrogen-bond acceptors (Lipinski definition) is 4. The van der Waals surface area contributed by atoms with Crippen molar-refractivity contribution in [1.29, 1.82) is 0 Å². The number of methoxy groups -OCH3 is 1. The Kier molecular flexibility index (Phi) is 6.97. The van der Waals surface area contributed by atoms with Crippen LogP contribution in [0.15, 0.2) is 66.7 Å². The molecule has 0 saturated heterocycles. The quantitative estimate of drug-likeness (QED) is 0.200. The number of hydrogen-bond donors (Lipinski definition) is 3. The summed E-state index contributed by atoms with van der Waals surface area (Å²) in [6.45, 7) is 0. The van der Waals surface area contributed by atoms with Gasteiger partial charge in [0.2, 0.25) is 0 Å². The van der Waals surface area contributed by atoms with Crippen LogP contribution in [0, 0.1) is 6.07 Å². The molecule has 169 valence electrons. The first kappa shape index (κ1) is 23.1. The number of H-pyrrole nitrogens is 2. The summed E-state index contributed by atoms with van der Waals surface area (Å²) in [6.07, 6.45) is 8.05. The van der Waals surface area contributed by atoms with Crippen molar-refractivity contribution >= 4 is 46.4 Å². The van der Waals surface area contributed by atoms with E-state index in [2.05, 4.69) is 56.3 Å². The van der Waals surface area contributed by atoms with Crippen molar-refractivity contribution in [2.75, 3.05) is 7.11 Å². The van der Waals surface area contributed by atoms with Gasteiger partial charge in [-0.25, -0.2) is 9.97 Å². The van der Waals surface area contributed by atoms with E-state index in [4.69, 9.17) is 9.84 Å². The third-order valence-corrected chi connectivity index (χ3v) is 5.07. The maximum Gasteiger partial charge on any atom is 0.0659 e. The predicted molar refractivity (Wildman–Crippen MR) is 132 cm³/mol. The molecule has 0 aliphatic carbocycles. The van der Waals surface area contributed by atoms with Crippen molar-refractivity contribution < 1.29 is 26.9 Å². The minimum absolute atomic E-state index is 0. The van der Waals surface area contributed by atoms with Gasteiger partial charge in [0.1, 0.15) is 0 Å². The van der Waals surface area contributed by atoms with Crippen molar-refractivity contribution in [2.45, 2.75) is 0 Å². The minimum atomic E-state index is 0.